The van der Waals surface area contributed by atoms with Crippen LogP contribution in [0, 0.1) is 0 Å². The average Bonchev–Trinajstić information content (AvgIpc) is 3.19. The van der Waals surface area contributed by atoms with Gasteiger partial charge in [0.05, 0.1) is 17.1 Å². The number of benzene rings is 1. The minimum absolute atomic E-state index is 0.0856. The predicted octanol–water partition coefficient (Wildman–Crippen LogP) is 3.89. The number of primary amides is 1. The molecule has 2 heterocycles. The highest BCUT2D eigenvalue weighted by molar-refractivity contribution is 7.14. The summed E-state index contributed by atoms with van der Waals surface area (Å²) >= 11 is 1.39. The van der Waals surface area contributed by atoms with Crippen molar-refractivity contribution in [2.45, 2.75) is 32.1 Å². The molecule has 0 aliphatic heterocycles. The lowest BCUT2D eigenvalue weighted by atomic mass is 10.1. The molecule has 7 nitrogen and oxygen atoms in total. The van der Waals surface area contributed by atoms with E-state index in [9.17, 15) is 9.59 Å². The third-order valence-corrected chi connectivity index (χ3v) is 5.23. The number of amides is 2. The van der Waals surface area contributed by atoms with Crippen LogP contribution in [0.25, 0.3) is 11.3 Å². The molecule has 1 aromatic carbocycles. The molecule has 2 amide bonds. The second-order valence-corrected chi connectivity index (χ2v) is 7.40. The molecule has 8 heteroatoms. The van der Waals surface area contributed by atoms with Gasteiger partial charge in [0.25, 0.3) is 0 Å². The quantitative estimate of drug-likeness (QED) is 0.411. The van der Waals surface area contributed by atoms with E-state index < -0.39 is 0 Å². The van der Waals surface area contributed by atoms with Gasteiger partial charge in [-0.2, -0.15) is 0 Å². The molecule has 150 valence electrons. The van der Waals surface area contributed by atoms with Crippen LogP contribution in [0.4, 0.5) is 16.5 Å². The van der Waals surface area contributed by atoms with Crippen LogP contribution < -0.4 is 16.4 Å². The van der Waals surface area contributed by atoms with Crippen molar-refractivity contribution in [1.29, 1.82) is 0 Å². The first-order valence-electron chi connectivity index (χ1n) is 9.38. The van der Waals surface area contributed by atoms with E-state index in [2.05, 4.69) is 9.97 Å². The van der Waals surface area contributed by atoms with Crippen LogP contribution in [0.2, 0.25) is 0 Å². The van der Waals surface area contributed by atoms with E-state index in [1.54, 1.807) is 23.4 Å². The first kappa shape index (κ1) is 20.5. The van der Waals surface area contributed by atoms with Crippen LogP contribution >= 0.6 is 11.3 Å². The van der Waals surface area contributed by atoms with E-state index >= 15 is 0 Å². The van der Waals surface area contributed by atoms with Gasteiger partial charge in [0.15, 0.2) is 5.13 Å². The molecule has 0 aliphatic rings. The van der Waals surface area contributed by atoms with Crippen LogP contribution in [0.3, 0.4) is 0 Å². The van der Waals surface area contributed by atoms with Gasteiger partial charge in [0.1, 0.15) is 0 Å². The maximum absolute atomic E-state index is 13.1. The third-order valence-electron chi connectivity index (χ3n) is 4.40. The van der Waals surface area contributed by atoms with Crippen molar-refractivity contribution in [2.24, 2.45) is 5.73 Å². The third kappa shape index (κ3) is 5.39. The highest BCUT2D eigenvalue weighted by Gasteiger charge is 2.23. The van der Waals surface area contributed by atoms with Crippen molar-refractivity contribution in [1.82, 2.24) is 9.97 Å². The predicted molar refractivity (Wildman–Crippen MR) is 116 cm³/mol. The summed E-state index contributed by atoms with van der Waals surface area (Å²) in [5.41, 5.74) is 14.1. The topological polar surface area (TPSA) is 115 Å². The Morgan fingerprint density at radius 1 is 1.00 bits per heavy atom. The zero-order valence-electron chi connectivity index (χ0n) is 16.0. The Labute approximate surface area is 173 Å². The number of hydrogen-bond acceptors (Lipinski definition) is 6. The van der Waals surface area contributed by atoms with Crippen LogP contribution in [0.5, 0.6) is 0 Å². The molecule has 0 spiro atoms. The van der Waals surface area contributed by atoms with Gasteiger partial charge in [-0.25, -0.2) is 4.98 Å². The van der Waals surface area contributed by atoms with Gasteiger partial charge in [-0.1, -0.05) is 18.6 Å². The molecule has 2 aromatic heterocycles. The minimum Gasteiger partial charge on any atom is -0.397 e. The standard InChI is InChI=1S/C21H23N5O2S/c22-16-6-4-5-7-18(16)26(20(28)9-3-1-2-8-19(23)27)21-25-17(14-29-21)15-10-12-24-13-11-15/h4-7,10-14H,1-3,8-9,22H2,(H2,23,27). The highest BCUT2D eigenvalue weighted by atomic mass is 32.1. The summed E-state index contributed by atoms with van der Waals surface area (Å²) in [6.07, 6.45) is 6.18. The molecular formula is C21H23N5O2S. The lowest BCUT2D eigenvalue weighted by Crippen LogP contribution is -2.26. The molecule has 0 bridgehead atoms. The fourth-order valence-electron chi connectivity index (χ4n) is 2.92. The Bertz CT molecular complexity index is 974. The normalized spacial score (nSPS) is 10.6. The molecule has 3 aromatic rings. The number of para-hydroxylation sites is 2. The summed E-state index contributed by atoms with van der Waals surface area (Å²) in [5.74, 6) is -0.404. The molecule has 0 saturated heterocycles. The first-order chi connectivity index (χ1) is 14.1. The van der Waals surface area contributed by atoms with Crippen molar-refractivity contribution < 1.29 is 9.59 Å². The number of hydrogen-bond donors (Lipinski definition) is 2. The summed E-state index contributed by atoms with van der Waals surface area (Å²) in [6.45, 7) is 0. The van der Waals surface area contributed by atoms with Gasteiger partial charge < -0.3 is 11.5 Å². The van der Waals surface area contributed by atoms with Crippen LogP contribution in [-0.4, -0.2) is 21.8 Å². The van der Waals surface area contributed by atoms with Gasteiger partial charge in [-0.15, -0.1) is 11.3 Å². The number of thiazole rings is 1. The van der Waals surface area contributed by atoms with Crippen LogP contribution in [0.1, 0.15) is 32.1 Å². The average molecular weight is 410 g/mol. The molecule has 0 fully saturated rings. The van der Waals surface area contributed by atoms with Crippen molar-refractivity contribution in [3.8, 4) is 11.3 Å². The maximum atomic E-state index is 13.1. The highest BCUT2D eigenvalue weighted by Crippen LogP contribution is 2.35. The van der Waals surface area contributed by atoms with Gasteiger partial charge >= 0.3 is 0 Å². The van der Waals surface area contributed by atoms with E-state index in [0.29, 0.717) is 42.2 Å². The number of anilines is 3. The fourth-order valence-corrected chi connectivity index (χ4v) is 3.78. The summed E-state index contributed by atoms with van der Waals surface area (Å²) in [5, 5.41) is 2.48. The van der Waals surface area contributed by atoms with E-state index in [1.807, 2.05) is 35.7 Å². The zero-order chi connectivity index (χ0) is 20.6. The number of nitrogens with two attached hydrogens (primary N) is 2. The number of nitrogens with zero attached hydrogens (tertiary/aromatic N) is 3. The van der Waals surface area contributed by atoms with E-state index in [0.717, 1.165) is 17.7 Å². The summed E-state index contributed by atoms with van der Waals surface area (Å²) in [7, 11) is 0. The second-order valence-electron chi connectivity index (χ2n) is 6.57. The second kappa shape index (κ2) is 9.79. The smallest absolute Gasteiger partial charge is 0.233 e. The number of carbonyl (C=O) groups excluding carboxylic acids is 2. The molecule has 0 atom stereocenters. The van der Waals surface area contributed by atoms with Gasteiger partial charge in [-0.3, -0.25) is 19.5 Å². The Morgan fingerprint density at radius 2 is 1.72 bits per heavy atom. The number of aromatic nitrogens is 2. The van der Waals surface area contributed by atoms with Crippen LogP contribution in [0.15, 0.2) is 54.2 Å². The van der Waals surface area contributed by atoms with Crippen LogP contribution in [-0.2, 0) is 9.59 Å². The lowest BCUT2D eigenvalue weighted by molar-refractivity contribution is -0.118. The minimum atomic E-state index is -0.318. The number of pyridine rings is 1. The monoisotopic (exact) mass is 409 g/mol. The fraction of sp³-hybridized carbons (Fsp3) is 0.238. The van der Waals surface area contributed by atoms with Crippen molar-refractivity contribution in [3.63, 3.8) is 0 Å². The molecule has 0 radical (unpaired) electrons. The summed E-state index contributed by atoms with van der Waals surface area (Å²) in [4.78, 5) is 34.2. The van der Waals surface area contributed by atoms with Crippen molar-refractivity contribution in [3.05, 3.63) is 54.2 Å². The van der Waals surface area contributed by atoms with Gasteiger partial charge in [-0.05, 0) is 37.1 Å². The molecule has 3 rings (SSSR count). The van der Waals surface area contributed by atoms with E-state index in [1.165, 1.54) is 11.3 Å². The summed E-state index contributed by atoms with van der Waals surface area (Å²) < 4.78 is 0. The Morgan fingerprint density at radius 3 is 2.45 bits per heavy atom. The Balaban J connectivity index is 1.81. The SMILES string of the molecule is NC(=O)CCCCCC(=O)N(c1nc(-c2ccncc2)cs1)c1ccccc1N. The Hall–Kier alpha value is -3.26. The zero-order valence-corrected chi connectivity index (χ0v) is 16.8. The summed E-state index contributed by atoms with van der Waals surface area (Å²) in [6, 6.07) is 11.0. The van der Waals surface area contributed by atoms with Crippen molar-refractivity contribution in [2.75, 3.05) is 10.6 Å². The first-order valence-corrected chi connectivity index (χ1v) is 10.3. The van der Waals surface area contributed by atoms with Gasteiger partial charge in [0, 0.05) is 36.2 Å². The van der Waals surface area contributed by atoms with Crippen molar-refractivity contribution >= 4 is 39.7 Å². The van der Waals surface area contributed by atoms with E-state index in [-0.39, 0.29) is 11.8 Å². The largest absolute Gasteiger partial charge is 0.397 e. The Kier molecular flexibility index (Phi) is 6.91. The molecule has 4 N–H and O–H groups in total. The molecular weight excluding hydrogens is 386 g/mol. The van der Waals surface area contributed by atoms with E-state index in [4.69, 9.17) is 11.5 Å². The lowest BCUT2D eigenvalue weighted by Gasteiger charge is -2.21. The molecule has 0 aliphatic carbocycles. The molecule has 29 heavy (non-hydrogen) atoms. The maximum Gasteiger partial charge on any atom is 0.233 e. The molecule has 0 saturated carbocycles. The molecule has 0 unspecified atom stereocenters. The number of carbonyl (C=O) groups is 2. The number of nitrogen functional groups attached to an aromatic ring is 1. The number of rotatable bonds is 9. The number of unbranched alkanes of at least 4 members (excludes halogenated alkanes) is 2. The van der Waals surface area contributed by atoms with Gasteiger partial charge in [0.2, 0.25) is 11.8 Å².